The molecule has 0 aromatic carbocycles. The minimum atomic E-state index is -0.103. The normalized spacial score (nSPS) is 15.2. The van der Waals surface area contributed by atoms with Crippen LogP contribution < -0.4 is 9.64 Å². The summed E-state index contributed by atoms with van der Waals surface area (Å²) < 4.78 is 12.9. The van der Waals surface area contributed by atoms with Gasteiger partial charge in [0.1, 0.15) is 17.6 Å². The Morgan fingerprint density at radius 2 is 2.00 bits per heavy atom. The van der Waals surface area contributed by atoms with E-state index in [-0.39, 0.29) is 11.4 Å². The summed E-state index contributed by atoms with van der Waals surface area (Å²) >= 11 is 0. The van der Waals surface area contributed by atoms with E-state index in [1.165, 1.54) is 0 Å². The third-order valence-electron chi connectivity index (χ3n) is 6.97. The molecule has 0 spiro atoms. The molecule has 38 heavy (non-hydrogen) atoms. The van der Waals surface area contributed by atoms with Crippen LogP contribution in [0.2, 0.25) is 0 Å². The summed E-state index contributed by atoms with van der Waals surface area (Å²) in [6.07, 6.45) is 7.43. The van der Waals surface area contributed by atoms with Crippen molar-refractivity contribution >= 4 is 17.3 Å². The molecule has 0 aliphatic carbocycles. The molecule has 3 aromatic rings. The van der Waals surface area contributed by atoms with Crippen LogP contribution in [0.1, 0.15) is 45.6 Å². The molecular formula is C29H38N6O3. The lowest BCUT2D eigenvalue weighted by Crippen LogP contribution is -2.46. The van der Waals surface area contributed by atoms with E-state index in [9.17, 15) is 10.1 Å². The van der Waals surface area contributed by atoms with Crippen LogP contribution in [-0.4, -0.2) is 72.4 Å². The average Bonchev–Trinajstić information content (AvgIpc) is 3.30. The Labute approximate surface area is 225 Å². The maximum atomic E-state index is 12.6. The first-order chi connectivity index (χ1) is 18.2. The highest BCUT2D eigenvalue weighted by Gasteiger charge is 2.38. The molecule has 0 atom stereocenters. The van der Waals surface area contributed by atoms with E-state index in [0.29, 0.717) is 36.9 Å². The molecule has 0 N–H and O–H groups in total. The largest absolute Gasteiger partial charge is 0.492 e. The van der Waals surface area contributed by atoms with Crippen molar-refractivity contribution in [2.75, 3.05) is 51.8 Å². The minimum absolute atomic E-state index is 0.102. The Morgan fingerprint density at radius 1 is 1.24 bits per heavy atom. The molecule has 3 aromatic heterocycles. The van der Waals surface area contributed by atoms with Gasteiger partial charge in [-0.2, -0.15) is 10.4 Å². The van der Waals surface area contributed by atoms with Gasteiger partial charge in [-0.05, 0) is 63.4 Å². The number of piperidine rings is 1. The maximum absolute atomic E-state index is 12.6. The summed E-state index contributed by atoms with van der Waals surface area (Å²) in [4.78, 5) is 21.8. The third kappa shape index (κ3) is 6.25. The second-order valence-electron chi connectivity index (χ2n) is 10.9. The van der Waals surface area contributed by atoms with Crippen LogP contribution in [0.3, 0.4) is 0 Å². The van der Waals surface area contributed by atoms with Gasteiger partial charge in [0.25, 0.3) is 0 Å². The number of ether oxygens (including phenoxy) is 2. The van der Waals surface area contributed by atoms with Crippen LogP contribution in [0.5, 0.6) is 5.75 Å². The van der Waals surface area contributed by atoms with Gasteiger partial charge >= 0.3 is 5.97 Å². The van der Waals surface area contributed by atoms with E-state index in [2.05, 4.69) is 48.9 Å². The van der Waals surface area contributed by atoms with Gasteiger partial charge in [0.05, 0.1) is 43.1 Å². The third-order valence-corrected chi connectivity index (χ3v) is 6.97. The Balaban J connectivity index is 1.51. The van der Waals surface area contributed by atoms with Crippen LogP contribution in [0.15, 0.2) is 36.8 Å². The molecule has 4 heterocycles. The number of aromatic nitrogens is 3. The molecule has 0 radical (unpaired) electrons. The van der Waals surface area contributed by atoms with E-state index in [1.807, 2.05) is 31.3 Å². The number of carbonyl (C=O) groups is 1. The van der Waals surface area contributed by atoms with Gasteiger partial charge in [0.15, 0.2) is 0 Å². The number of fused-ring (bicyclic) bond motifs is 1. The predicted molar refractivity (Wildman–Crippen MR) is 147 cm³/mol. The molecule has 1 aliphatic rings. The monoisotopic (exact) mass is 518 g/mol. The zero-order valence-corrected chi connectivity index (χ0v) is 23.1. The lowest BCUT2D eigenvalue weighted by Gasteiger charge is -2.43. The van der Waals surface area contributed by atoms with Gasteiger partial charge in [-0.25, -0.2) is 9.50 Å². The van der Waals surface area contributed by atoms with Gasteiger partial charge < -0.3 is 19.3 Å². The molecule has 9 nitrogen and oxygen atoms in total. The topological polar surface area (TPSA) is 96.0 Å². The first-order valence-electron chi connectivity index (χ1n) is 13.3. The molecule has 0 saturated carbocycles. The van der Waals surface area contributed by atoms with Crippen LogP contribution in [-0.2, 0) is 9.53 Å². The van der Waals surface area contributed by atoms with E-state index in [0.717, 1.165) is 54.9 Å². The van der Waals surface area contributed by atoms with Crippen molar-refractivity contribution in [1.82, 2.24) is 19.5 Å². The summed E-state index contributed by atoms with van der Waals surface area (Å²) in [5.74, 6) is 1.82. The molecule has 1 fully saturated rings. The fourth-order valence-electron chi connectivity index (χ4n) is 5.27. The minimum Gasteiger partial charge on any atom is -0.492 e. The highest BCUT2D eigenvalue weighted by Crippen LogP contribution is 2.38. The lowest BCUT2D eigenvalue weighted by molar-refractivity contribution is -0.148. The van der Waals surface area contributed by atoms with Crippen molar-refractivity contribution < 1.29 is 14.3 Å². The van der Waals surface area contributed by atoms with Crippen LogP contribution >= 0.6 is 0 Å². The van der Waals surface area contributed by atoms with Gasteiger partial charge in [-0.1, -0.05) is 13.8 Å². The zero-order chi connectivity index (χ0) is 27.3. The Kier molecular flexibility index (Phi) is 8.52. The molecule has 202 valence electrons. The maximum Gasteiger partial charge on any atom is 0.306 e. The van der Waals surface area contributed by atoms with Gasteiger partial charge in [0, 0.05) is 37.0 Å². The number of hydrogen-bond donors (Lipinski definition) is 0. The van der Waals surface area contributed by atoms with Crippen LogP contribution in [0.4, 0.5) is 5.82 Å². The Bertz CT molecular complexity index is 1280. The van der Waals surface area contributed by atoms with Crippen molar-refractivity contribution in [3.05, 3.63) is 42.4 Å². The van der Waals surface area contributed by atoms with Crippen LogP contribution in [0, 0.1) is 22.7 Å². The number of esters is 1. The summed E-state index contributed by atoms with van der Waals surface area (Å²) in [6, 6.07) is 8.23. The van der Waals surface area contributed by atoms with Crippen LogP contribution in [0.25, 0.3) is 16.6 Å². The average molecular weight is 519 g/mol. The molecule has 1 saturated heterocycles. The quantitative estimate of drug-likeness (QED) is 0.364. The van der Waals surface area contributed by atoms with E-state index < -0.39 is 0 Å². The van der Waals surface area contributed by atoms with Crippen molar-refractivity contribution in [2.24, 2.45) is 11.3 Å². The van der Waals surface area contributed by atoms with E-state index in [1.54, 1.807) is 16.9 Å². The Hall–Kier alpha value is -3.64. The number of anilines is 1. The fourth-order valence-corrected chi connectivity index (χ4v) is 5.27. The molecule has 0 amide bonds. The van der Waals surface area contributed by atoms with Crippen molar-refractivity contribution in [1.29, 1.82) is 5.26 Å². The second kappa shape index (κ2) is 11.8. The van der Waals surface area contributed by atoms with Crippen molar-refractivity contribution in [2.45, 2.75) is 40.0 Å². The summed E-state index contributed by atoms with van der Waals surface area (Å²) in [6.45, 7) is 9.54. The summed E-state index contributed by atoms with van der Waals surface area (Å²) in [7, 11) is 4.12. The summed E-state index contributed by atoms with van der Waals surface area (Å²) in [5.41, 5.74) is 2.89. The van der Waals surface area contributed by atoms with Crippen molar-refractivity contribution in [3.8, 4) is 22.9 Å². The first-order valence-corrected chi connectivity index (χ1v) is 13.3. The molecule has 9 heteroatoms. The number of nitrogens with zero attached hydrogens (tertiary/aromatic N) is 6. The highest BCUT2D eigenvalue weighted by molar-refractivity contribution is 5.85. The summed E-state index contributed by atoms with van der Waals surface area (Å²) in [5, 5.41) is 13.9. The highest BCUT2D eigenvalue weighted by atomic mass is 16.5. The molecule has 4 rings (SSSR count). The van der Waals surface area contributed by atoms with Crippen molar-refractivity contribution in [3.63, 3.8) is 0 Å². The number of nitriles is 1. The van der Waals surface area contributed by atoms with Gasteiger partial charge in [-0.15, -0.1) is 0 Å². The smallest absolute Gasteiger partial charge is 0.306 e. The molecule has 0 bridgehead atoms. The number of carbonyl (C=O) groups excluding carboxylic acids is 1. The van der Waals surface area contributed by atoms with E-state index >= 15 is 0 Å². The number of rotatable bonds is 10. The SMILES string of the molecule is CCOc1cc(-c2ccc(N3CCC(CC(=O)OCC(C)C)(CN(C)C)CC3)nc2)c2c(C#N)cnn2c1. The first kappa shape index (κ1) is 27.4. The number of pyridine rings is 2. The number of hydrogen-bond acceptors (Lipinski definition) is 8. The fraction of sp³-hybridized carbons (Fsp3) is 0.517. The Morgan fingerprint density at radius 3 is 2.61 bits per heavy atom. The zero-order valence-electron chi connectivity index (χ0n) is 23.1. The lowest BCUT2D eigenvalue weighted by atomic mass is 9.75. The second-order valence-corrected chi connectivity index (χ2v) is 10.9. The molecule has 0 unspecified atom stereocenters. The van der Waals surface area contributed by atoms with E-state index in [4.69, 9.17) is 14.5 Å². The predicted octanol–water partition coefficient (Wildman–Crippen LogP) is 4.40. The van der Waals surface area contributed by atoms with Gasteiger partial charge in [-0.3, -0.25) is 4.79 Å². The molecule has 1 aliphatic heterocycles. The molecular weight excluding hydrogens is 480 g/mol. The van der Waals surface area contributed by atoms with Gasteiger partial charge in [0.2, 0.25) is 0 Å². The standard InChI is InChI=1S/C29H38N6O3/c1-6-37-24-13-25(28-23(15-30)17-32-35(28)18-24)22-7-8-26(31-16-22)34-11-9-29(10-12-34,20-33(4)5)14-27(36)38-19-21(2)3/h7-8,13,16-18,21H,6,9-12,14,19-20H2,1-5H3.